The zero-order valence-corrected chi connectivity index (χ0v) is 15.5. The third kappa shape index (κ3) is 3.15. The highest BCUT2D eigenvalue weighted by Crippen LogP contribution is 2.38. The van der Waals surface area contributed by atoms with Gasteiger partial charge in [0.2, 0.25) is 0 Å². The highest BCUT2D eigenvalue weighted by molar-refractivity contribution is 5.95. The largest absolute Gasteiger partial charge is 0.490 e. The quantitative estimate of drug-likeness (QED) is 0.701. The van der Waals surface area contributed by atoms with Crippen molar-refractivity contribution in [2.24, 2.45) is 0 Å². The van der Waals surface area contributed by atoms with Gasteiger partial charge in [0.25, 0.3) is 5.91 Å². The Morgan fingerprint density at radius 2 is 1.79 bits per heavy atom. The Morgan fingerprint density at radius 3 is 2.50 bits per heavy atom. The summed E-state index contributed by atoms with van der Waals surface area (Å²) in [5.74, 6) is 0.968. The SMILES string of the molecule is O=C(c1cccc(-n2cccn2)c1)N1C2CCC1CC(Oc1ccncc1)C2. The van der Waals surface area contributed by atoms with Gasteiger partial charge in [-0.15, -0.1) is 0 Å². The minimum Gasteiger partial charge on any atom is -0.490 e. The van der Waals surface area contributed by atoms with Crippen LogP contribution in [0.25, 0.3) is 5.69 Å². The Kier molecular flexibility index (Phi) is 4.31. The smallest absolute Gasteiger partial charge is 0.254 e. The molecule has 2 fully saturated rings. The molecule has 2 unspecified atom stereocenters. The molecule has 2 atom stereocenters. The van der Waals surface area contributed by atoms with Crippen molar-refractivity contribution in [3.05, 3.63) is 72.8 Å². The Morgan fingerprint density at radius 1 is 1.00 bits per heavy atom. The van der Waals surface area contributed by atoms with Gasteiger partial charge < -0.3 is 9.64 Å². The normalized spacial score (nSPS) is 23.6. The zero-order chi connectivity index (χ0) is 18.9. The topological polar surface area (TPSA) is 60.2 Å². The van der Waals surface area contributed by atoms with E-state index in [-0.39, 0.29) is 24.1 Å². The molecule has 2 aliphatic heterocycles. The van der Waals surface area contributed by atoms with Crippen LogP contribution in [0.15, 0.2) is 67.3 Å². The summed E-state index contributed by atoms with van der Waals surface area (Å²) in [6.07, 6.45) is 11.1. The van der Waals surface area contributed by atoms with Crippen LogP contribution in [0.4, 0.5) is 0 Å². The van der Waals surface area contributed by atoms with Gasteiger partial charge in [0.15, 0.2) is 0 Å². The second-order valence-electron chi connectivity index (χ2n) is 7.49. The van der Waals surface area contributed by atoms with Gasteiger partial charge in [-0.25, -0.2) is 4.68 Å². The molecule has 2 bridgehead atoms. The molecular weight excluding hydrogens is 352 g/mol. The van der Waals surface area contributed by atoms with Crippen molar-refractivity contribution >= 4 is 5.91 Å². The van der Waals surface area contributed by atoms with E-state index >= 15 is 0 Å². The first kappa shape index (κ1) is 17.0. The molecule has 0 radical (unpaired) electrons. The fourth-order valence-electron chi connectivity index (χ4n) is 4.52. The molecule has 4 heterocycles. The molecule has 6 heteroatoms. The Bertz CT molecular complexity index is 944. The minimum atomic E-state index is 0.115. The molecule has 1 aromatic carbocycles. The van der Waals surface area contributed by atoms with Crippen LogP contribution in [-0.4, -0.2) is 43.8 Å². The maximum absolute atomic E-state index is 13.3. The van der Waals surface area contributed by atoms with Crippen LogP contribution in [0, 0.1) is 0 Å². The predicted molar refractivity (Wildman–Crippen MR) is 104 cm³/mol. The number of hydrogen-bond donors (Lipinski definition) is 0. The molecule has 5 rings (SSSR count). The lowest BCUT2D eigenvalue weighted by Gasteiger charge is -2.39. The molecule has 2 aromatic heterocycles. The number of rotatable bonds is 4. The minimum absolute atomic E-state index is 0.115. The van der Waals surface area contributed by atoms with Gasteiger partial charge >= 0.3 is 0 Å². The van der Waals surface area contributed by atoms with Crippen LogP contribution < -0.4 is 4.74 Å². The number of carbonyl (C=O) groups excluding carboxylic acids is 1. The second-order valence-corrected chi connectivity index (χ2v) is 7.49. The van der Waals surface area contributed by atoms with Gasteiger partial charge in [-0.05, 0) is 49.2 Å². The van der Waals surface area contributed by atoms with E-state index in [0.29, 0.717) is 0 Å². The first-order valence-corrected chi connectivity index (χ1v) is 9.77. The summed E-state index contributed by atoms with van der Waals surface area (Å²) in [7, 11) is 0. The van der Waals surface area contributed by atoms with Gasteiger partial charge in [0.05, 0.1) is 5.69 Å². The van der Waals surface area contributed by atoms with E-state index in [1.807, 2.05) is 48.7 Å². The van der Waals surface area contributed by atoms with Gasteiger partial charge in [-0.3, -0.25) is 9.78 Å². The van der Waals surface area contributed by atoms with Crippen molar-refractivity contribution in [1.82, 2.24) is 19.7 Å². The maximum atomic E-state index is 13.3. The van der Waals surface area contributed by atoms with E-state index in [0.717, 1.165) is 42.7 Å². The Labute approximate surface area is 163 Å². The van der Waals surface area contributed by atoms with E-state index in [2.05, 4.69) is 15.0 Å². The van der Waals surface area contributed by atoms with Crippen LogP contribution in [0.5, 0.6) is 5.75 Å². The van der Waals surface area contributed by atoms with Crippen molar-refractivity contribution < 1.29 is 9.53 Å². The molecule has 28 heavy (non-hydrogen) atoms. The number of pyridine rings is 1. The average Bonchev–Trinajstić information content (AvgIpc) is 3.35. The maximum Gasteiger partial charge on any atom is 0.254 e. The molecular formula is C22H22N4O2. The van der Waals surface area contributed by atoms with E-state index in [1.54, 1.807) is 23.3 Å². The van der Waals surface area contributed by atoms with Gasteiger partial charge in [-0.1, -0.05) is 6.07 Å². The van der Waals surface area contributed by atoms with E-state index in [1.165, 1.54) is 0 Å². The number of benzene rings is 1. The summed E-state index contributed by atoms with van der Waals surface area (Å²) in [6, 6.07) is 13.8. The Hall–Kier alpha value is -3.15. The number of aromatic nitrogens is 3. The van der Waals surface area contributed by atoms with E-state index < -0.39 is 0 Å². The summed E-state index contributed by atoms with van der Waals surface area (Å²) in [5.41, 5.74) is 1.62. The lowest BCUT2D eigenvalue weighted by atomic mass is 9.98. The molecule has 0 aliphatic carbocycles. The standard InChI is InChI=1S/C22H22N4O2/c27-22(16-3-1-4-17(13-16)25-12-2-9-24-25)26-18-5-6-19(26)15-21(14-18)28-20-7-10-23-11-8-20/h1-4,7-13,18-19,21H,5-6,14-15H2. The van der Waals surface area contributed by atoms with E-state index in [9.17, 15) is 4.79 Å². The number of fused-ring (bicyclic) bond motifs is 2. The van der Waals surface area contributed by atoms with Crippen LogP contribution in [0.1, 0.15) is 36.0 Å². The summed E-state index contributed by atoms with van der Waals surface area (Å²) in [6.45, 7) is 0. The number of amides is 1. The predicted octanol–water partition coefficient (Wildman–Crippen LogP) is 3.48. The number of ether oxygens (including phenoxy) is 1. The first-order valence-electron chi connectivity index (χ1n) is 9.77. The highest BCUT2D eigenvalue weighted by Gasteiger charge is 2.44. The molecule has 1 amide bonds. The molecule has 2 saturated heterocycles. The highest BCUT2D eigenvalue weighted by atomic mass is 16.5. The lowest BCUT2D eigenvalue weighted by Crippen LogP contribution is -2.49. The lowest BCUT2D eigenvalue weighted by molar-refractivity contribution is 0.0358. The molecule has 2 aliphatic rings. The molecule has 0 saturated carbocycles. The third-order valence-electron chi connectivity index (χ3n) is 5.74. The van der Waals surface area contributed by atoms with Crippen molar-refractivity contribution in [1.29, 1.82) is 0 Å². The van der Waals surface area contributed by atoms with Crippen LogP contribution in [-0.2, 0) is 0 Å². The Balaban J connectivity index is 1.32. The second kappa shape index (κ2) is 7.11. The van der Waals surface area contributed by atoms with E-state index in [4.69, 9.17) is 4.74 Å². The van der Waals surface area contributed by atoms with Gasteiger partial charge in [0.1, 0.15) is 11.9 Å². The fourth-order valence-corrected chi connectivity index (χ4v) is 4.52. The fraction of sp³-hybridized carbons (Fsp3) is 0.318. The summed E-state index contributed by atoms with van der Waals surface area (Å²) < 4.78 is 7.93. The monoisotopic (exact) mass is 374 g/mol. The summed E-state index contributed by atoms with van der Waals surface area (Å²) in [5, 5.41) is 4.26. The molecule has 0 N–H and O–H groups in total. The van der Waals surface area contributed by atoms with Crippen molar-refractivity contribution in [2.45, 2.75) is 43.9 Å². The summed E-state index contributed by atoms with van der Waals surface area (Å²) >= 11 is 0. The zero-order valence-electron chi connectivity index (χ0n) is 15.5. The van der Waals surface area contributed by atoms with Crippen molar-refractivity contribution in [2.75, 3.05) is 0 Å². The molecule has 0 spiro atoms. The number of hydrogen-bond acceptors (Lipinski definition) is 4. The van der Waals surface area contributed by atoms with Gasteiger partial charge in [-0.2, -0.15) is 5.10 Å². The summed E-state index contributed by atoms with van der Waals surface area (Å²) in [4.78, 5) is 19.4. The van der Waals surface area contributed by atoms with Crippen LogP contribution in [0.2, 0.25) is 0 Å². The first-order chi connectivity index (χ1) is 13.8. The van der Waals surface area contributed by atoms with Crippen LogP contribution >= 0.6 is 0 Å². The average molecular weight is 374 g/mol. The molecule has 3 aromatic rings. The number of piperidine rings is 1. The van der Waals surface area contributed by atoms with Crippen molar-refractivity contribution in [3.8, 4) is 11.4 Å². The molecule has 6 nitrogen and oxygen atoms in total. The number of carbonyl (C=O) groups is 1. The van der Waals surface area contributed by atoms with Crippen molar-refractivity contribution in [3.63, 3.8) is 0 Å². The van der Waals surface area contributed by atoms with Crippen LogP contribution in [0.3, 0.4) is 0 Å². The molecule has 142 valence electrons. The van der Waals surface area contributed by atoms with Gasteiger partial charge in [0, 0.05) is 55.3 Å². The third-order valence-corrected chi connectivity index (χ3v) is 5.74. The number of nitrogens with zero attached hydrogens (tertiary/aromatic N) is 4.